The summed E-state index contributed by atoms with van der Waals surface area (Å²) in [5.41, 5.74) is 0.136. The second-order valence-electron chi connectivity index (χ2n) is 4.10. The van der Waals surface area contributed by atoms with Crippen molar-refractivity contribution in [2.24, 2.45) is 0 Å². The molecule has 0 saturated heterocycles. The first-order valence-electron chi connectivity index (χ1n) is 5.55. The molecule has 0 spiro atoms. The minimum Gasteiger partial charge on any atom is -0.481 e. The molecule has 0 amide bonds. The molecule has 8 nitrogen and oxygen atoms in total. The van der Waals surface area contributed by atoms with Gasteiger partial charge in [-0.2, -0.15) is 5.10 Å². The van der Waals surface area contributed by atoms with Crippen LogP contribution in [0.2, 0.25) is 0 Å². The van der Waals surface area contributed by atoms with Crippen molar-refractivity contribution >= 4 is 17.7 Å². The summed E-state index contributed by atoms with van der Waals surface area (Å²) in [6.07, 6.45) is 3.26. The van der Waals surface area contributed by atoms with Crippen molar-refractivity contribution < 1.29 is 9.90 Å². The van der Waals surface area contributed by atoms with Crippen LogP contribution in [0.3, 0.4) is 0 Å². The van der Waals surface area contributed by atoms with Gasteiger partial charge in [-0.05, 0) is 13.8 Å². The lowest BCUT2D eigenvalue weighted by Crippen LogP contribution is -2.15. The number of carboxylic acid groups (broad SMARTS) is 1. The second-order valence-corrected chi connectivity index (χ2v) is 5.04. The number of hydrogen-bond acceptors (Lipinski definition) is 5. The van der Waals surface area contributed by atoms with Gasteiger partial charge in [0.2, 0.25) is 0 Å². The summed E-state index contributed by atoms with van der Waals surface area (Å²) in [5, 5.41) is 19.2. The summed E-state index contributed by atoms with van der Waals surface area (Å²) >= 11 is 0.972. The van der Waals surface area contributed by atoms with Crippen LogP contribution in [-0.2, 0) is 4.79 Å². The van der Waals surface area contributed by atoms with Crippen molar-refractivity contribution in [3.63, 3.8) is 0 Å². The SMILES string of the molecule is CC(C)n1cc(-n2c(SCC(=O)O)n[nH]c2=O)cn1. The van der Waals surface area contributed by atoms with Crippen LogP contribution in [0.5, 0.6) is 0 Å². The summed E-state index contributed by atoms with van der Waals surface area (Å²) in [4.78, 5) is 22.3. The number of thioether (sulfide) groups is 1. The minimum atomic E-state index is -0.968. The van der Waals surface area contributed by atoms with Crippen LogP contribution in [0.25, 0.3) is 5.69 Å². The number of carboxylic acids is 1. The number of nitrogens with zero attached hydrogens (tertiary/aromatic N) is 4. The van der Waals surface area contributed by atoms with E-state index < -0.39 is 11.7 Å². The molecular formula is C10H13N5O3S. The van der Waals surface area contributed by atoms with E-state index in [9.17, 15) is 9.59 Å². The molecule has 102 valence electrons. The predicted octanol–water partition coefficient (Wildman–Crippen LogP) is 0.515. The van der Waals surface area contributed by atoms with E-state index >= 15 is 0 Å². The number of aromatic amines is 1. The third-order valence-corrected chi connectivity index (χ3v) is 3.26. The van der Waals surface area contributed by atoms with E-state index in [0.717, 1.165) is 11.8 Å². The molecule has 0 unspecified atom stereocenters. The zero-order valence-corrected chi connectivity index (χ0v) is 11.2. The summed E-state index contributed by atoms with van der Waals surface area (Å²) in [7, 11) is 0. The Kier molecular flexibility index (Phi) is 3.74. The Bertz CT molecular complexity index is 642. The predicted molar refractivity (Wildman–Crippen MR) is 68.7 cm³/mol. The lowest BCUT2D eigenvalue weighted by atomic mass is 10.4. The maximum Gasteiger partial charge on any atom is 0.348 e. The fraction of sp³-hybridized carbons (Fsp3) is 0.400. The number of hydrogen-bond donors (Lipinski definition) is 2. The molecule has 2 rings (SSSR count). The molecule has 0 aliphatic heterocycles. The molecule has 0 atom stereocenters. The second kappa shape index (κ2) is 5.31. The van der Waals surface area contributed by atoms with Gasteiger partial charge >= 0.3 is 11.7 Å². The van der Waals surface area contributed by atoms with Gasteiger partial charge in [0.25, 0.3) is 0 Å². The Balaban J connectivity index is 2.34. The number of rotatable bonds is 5. The average molecular weight is 283 g/mol. The maximum absolute atomic E-state index is 11.7. The molecule has 0 aliphatic carbocycles. The monoisotopic (exact) mass is 283 g/mol. The Morgan fingerprint density at radius 2 is 2.32 bits per heavy atom. The van der Waals surface area contributed by atoms with E-state index in [1.807, 2.05) is 13.8 Å². The number of aromatic nitrogens is 5. The molecule has 0 bridgehead atoms. The van der Waals surface area contributed by atoms with Crippen LogP contribution >= 0.6 is 11.8 Å². The third-order valence-electron chi connectivity index (χ3n) is 2.34. The van der Waals surface area contributed by atoms with E-state index in [0.29, 0.717) is 10.8 Å². The molecule has 0 fully saturated rings. The number of nitrogens with one attached hydrogen (secondary N) is 1. The molecule has 0 saturated carbocycles. The molecule has 0 aromatic carbocycles. The van der Waals surface area contributed by atoms with Gasteiger partial charge in [0.15, 0.2) is 5.16 Å². The topological polar surface area (TPSA) is 106 Å². The molecule has 2 heterocycles. The van der Waals surface area contributed by atoms with Crippen molar-refractivity contribution in [1.82, 2.24) is 24.5 Å². The number of H-pyrrole nitrogens is 1. The van der Waals surface area contributed by atoms with E-state index in [2.05, 4.69) is 15.3 Å². The molecule has 2 N–H and O–H groups in total. The fourth-order valence-electron chi connectivity index (χ4n) is 1.46. The first kappa shape index (κ1) is 13.4. The van der Waals surface area contributed by atoms with Crippen LogP contribution in [-0.4, -0.2) is 41.4 Å². The van der Waals surface area contributed by atoms with Gasteiger partial charge in [-0.3, -0.25) is 9.48 Å². The summed E-state index contributed by atoms with van der Waals surface area (Å²) in [6.45, 7) is 3.93. The van der Waals surface area contributed by atoms with Crippen LogP contribution in [0.15, 0.2) is 22.3 Å². The fourth-order valence-corrected chi connectivity index (χ4v) is 2.14. The van der Waals surface area contributed by atoms with Crippen molar-refractivity contribution in [3.8, 4) is 5.69 Å². The highest BCUT2D eigenvalue weighted by molar-refractivity contribution is 7.99. The Morgan fingerprint density at radius 3 is 2.89 bits per heavy atom. The van der Waals surface area contributed by atoms with Gasteiger partial charge in [-0.25, -0.2) is 14.5 Å². The standard InChI is InChI=1S/C10H13N5O3S/c1-6(2)14-4-7(3-11-14)15-9(18)12-13-10(15)19-5-8(16)17/h3-4,6H,5H2,1-2H3,(H,12,18)(H,16,17). The Labute approximate surface area is 112 Å². The number of aliphatic carboxylic acids is 1. The zero-order chi connectivity index (χ0) is 14.0. The van der Waals surface area contributed by atoms with Gasteiger partial charge in [-0.1, -0.05) is 11.8 Å². The van der Waals surface area contributed by atoms with Gasteiger partial charge in [0.1, 0.15) is 0 Å². The van der Waals surface area contributed by atoms with E-state index in [1.165, 1.54) is 4.57 Å². The Hall–Kier alpha value is -2.03. The van der Waals surface area contributed by atoms with Crippen LogP contribution < -0.4 is 5.69 Å². The summed E-state index contributed by atoms with van der Waals surface area (Å²) in [5.74, 6) is -1.13. The van der Waals surface area contributed by atoms with Crippen molar-refractivity contribution in [3.05, 3.63) is 22.9 Å². The smallest absolute Gasteiger partial charge is 0.348 e. The van der Waals surface area contributed by atoms with Gasteiger partial charge < -0.3 is 5.11 Å². The normalized spacial score (nSPS) is 11.1. The summed E-state index contributed by atoms with van der Waals surface area (Å²) in [6, 6.07) is 0.173. The van der Waals surface area contributed by atoms with Gasteiger partial charge in [0.05, 0.1) is 17.6 Å². The highest BCUT2D eigenvalue weighted by atomic mass is 32.2. The first-order valence-corrected chi connectivity index (χ1v) is 6.54. The van der Waals surface area contributed by atoms with E-state index in [-0.39, 0.29) is 11.8 Å². The lowest BCUT2D eigenvalue weighted by Gasteiger charge is -2.03. The zero-order valence-electron chi connectivity index (χ0n) is 10.4. The number of carbonyl (C=O) groups is 1. The molecular weight excluding hydrogens is 270 g/mol. The highest BCUT2D eigenvalue weighted by Crippen LogP contribution is 2.17. The summed E-state index contributed by atoms with van der Waals surface area (Å²) < 4.78 is 3.01. The van der Waals surface area contributed by atoms with Crippen molar-refractivity contribution in [2.75, 3.05) is 5.75 Å². The van der Waals surface area contributed by atoms with Crippen molar-refractivity contribution in [2.45, 2.75) is 25.0 Å². The Morgan fingerprint density at radius 1 is 1.58 bits per heavy atom. The average Bonchev–Trinajstić information content (AvgIpc) is 2.92. The van der Waals surface area contributed by atoms with Gasteiger partial charge in [0, 0.05) is 12.2 Å². The third kappa shape index (κ3) is 2.87. The van der Waals surface area contributed by atoms with Crippen LogP contribution in [0.1, 0.15) is 19.9 Å². The van der Waals surface area contributed by atoms with Gasteiger partial charge in [-0.15, -0.1) is 5.10 Å². The molecule has 2 aromatic heterocycles. The van der Waals surface area contributed by atoms with E-state index in [4.69, 9.17) is 5.11 Å². The molecule has 2 aromatic rings. The molecule has 0 radical (unpaired) electrons. The minimum absolute atomic E-state index is 0.164. The van der Waals surface area contributed by atoms with Crippen molar-refractivity contribution in [1.29, 1.82) is 0 Å². The maximum atomic E-state index is 11.7. The quantitative estimate of drug-likeness (QED) is 0.775. The van der Waals surface area contributed by atoms with E-state index in [1.54, 1.807) is 17.1 Å². The largest absolute Gasteiger partial charge is 0.481 e. The molecule has 9 heteroatoms. The van der Waals surface area contributed by atoms with Crippen LogP contribution in [0.4, 0.5) is 0 Å². The first-order chi connectivity index (χ1) is 8.99. The lowest BCUT2D eigenvalue weighted by molar-refractivity contribution is -0.133. The highest BCUT2D eigenvalue weighted by Gasteiger charge is 2.14. The molecule has 19 heavy (non-hydrogen) atoms. The van der Waals surface area contributed by atoms with Crippen LogP contribution in [0, 0.1) is 0 Å². The molecule has 0 aliphatic rings.